The lowest BCUT2D eigenvalue weighted by Crippen LogP contribution is -2.14. The van der Waals surface area contributed by atoms with E-state index in [9.17, 15) is 4.79 Å². The molecule has 1 N–H and O–H groups in total. The van der Waals surface area contributed by atoms with Crippen LogP contribution >= 0.6 is 11.6 Å². The molecule has 2 aromatic carbocycles. The molecule has 21 heavy (non-hydrogen) atoms. The van der Waals surface area contributed by atoms with Crippen molar-refractivity contribution < 1.29 is 9.53 Å². The lowest BCUT2D eigenvalue weighted by atomic mass is 10.2. The zero-order valence-electron chi connectivity index (χ0n) is 11.7. The molecule has 2 aromatic rings. The van der Waals surface area contributed by atoms with Gasteiger partial charge in [-0.15, -0.1) is 0 Å². The SMILES string of the molecule is Cc1c(Cl)cccc1NC(=O)OCC=Cc1ccccc1. The molecule has 0 radical (unpaired) electrons. The monoisotopic (exact) mass is 301 g/mol. The fourth-order valence-corrected chi connectivity index (χ4v) is 1.94. The van der Waals surface area contributed by atoms with Crippen LogP contribution in [0, 0.1) is 6.92 Å². The van der Waals surface area contributed by atoms with E-state index in [1.54, 1.807) is 24.3 Å². The first-order valence-electron chi connectivity index (χ1n) is 6.57. The van der Waals surface area contributed by atoms with Crippen molar-refractivity contribution in [2.24, 2.45) is 0 Å². The Morgan fingerprint density at radius 2 is 1.95 bits per heavy atom. The average molecular weight is 302 g/mol. The maximum atomic E-state index is 11.7. The van der Waals surface area contributed by atoms with E-state index < -0.39 is 6.09 Å². The highest BCUT2D eigenvalue weighted by atomic mass is 35.5. The number of amides is 1. The number of rotatable bonds is 4. The van der Waals surface area contributed by atoms with Crippen molar-refractivity contribution >= 4 is 29.5 Å². The van der Waals surface area contributed by atoms with Crippen molar-refractivity contribution in [3.63, 3.8) is 0 Å². The fraction of sp³-hybridized carbons (Fsp3) is 0.118. The molecule has 0 atom stereocenters. The molecule has 1 amide bonds. The molecule has 0 bridgehead atoms. The Bertz CT molecular complexity index is 638. The Labute approximate surface area is 129 Å². The Balaban J connectivity index is 1.83. The second-order valence-corrected chi connectivity index (χ2v) is 4.86. The Morgan fingerprint density at radius 3 is 2.71 bits per heavy atom. The third kappa shape index (κ3) is 4.65. The van der Waals surface area contributed by atoms with Gasteiger partial charge in [0.1, 0.15) is 6.61 Å². The van der Waals surface area contributed by atoms with Crippen LogP contribution in [0.25, 0.3) is 6.08 Å². The van der Waals surface area contributed by atoms with Crippen LogP contribution in [0.15, 0.2) is 54.6 Å². The minimum absolute atomic E-state index is 0.209. The number of carbonyl (C=O) groups is 1. The van der Waals surface area contributed by atoms with Crippen molar-refractivity contribution in [2.75, 3.05) is 11.9 Å². The van der Waals surface area contributed by atoms with Gasteiger partial charge in [-0.3, -0.25) is 5.32 Å². The number of halogens is 1. The summed E-state index contributed by atoms with van der Waals surface area (Å²) in [4.78, 5) is 11.7. The molecular weight excluding hydrogens is 286 g/mol. The molecule has 0 aromatic heterocycles. The summed E-state index contributed by atoms with van der Waals surface area (Å²) < 4.78 is 5.08. The second kappa shape index (κ2) is 7.50. The topological polar surface area (TPSA) is 38.3 Å². The van der Waals surface area contributed by atoms with Gasteiger partial charge >= 0.3 is 6.09 Å². The zero-order valence-corrected chi connectivity index (χ0v) is 12.4. The summed E-state index contributed by atoms with van der Waals surface area (Å²) in [6, 6.07) is 15.1. The van der Waals surface area contributed by atoms with E-state index in [-0.39, 0.29) is 6.61 Å². The molecule has 0 unspecified atom stereocenters. The van der Waals surface area contributed by atoms with Gasteiger partial charge in [-0.05, 0) is 36.3 Å². The number of anilines is 1. The van der Waals surface area contributed by atoms with Crippen LogP contribution in [0.3, 0.4) is 0 Å². The van der Waals surface area contributed by atoms with Crippen LogP contribution in [0.1, 0.15) is 11.1 Å². The third-order valence-corrected chi connectivity index (χ3v) is 3.33. The summed E-state index contributed by atoms with van der Waals surface area (Å²) in [7, 11) is 0. The lowest BCUT2D eigenvalue weighted by molar-refractivity contribution is 0.174. The third-order valence-electron chi connectivity index (χ3n) is 2.92. The molecule has 4 heteroatoms. The van der Waals surface area contributed by atoms with E-state index >= 15 is 0 Å². The van der Waals surface area contributed by atoms with Crippen molar-refractivity contribution in [3.05, 3.63) is 70.8 Å². The van der Waals surface area contributed by atoms with Gasteiger partial charge in [0.15, 0.2) is 0 Å². The van der Waals surface area contributed by atoms with Gasteiger partial charge in [0.2, 0.25) is 0 Å². The Morgan fingerprint density at radius 1 is 1.19 bits per heavy atom. The van der Waals surface area contributed by atoms with Gasteiger partial charge in [-0.1, -0.05) is 54.1 Å². The average Bonchev–Trinajstić information content (AvgIpc) is 2.49. The number of hydrogen-bond donors (Lipinski definition) is 1. The van der Waals surface area contributed by atoms with Gasteiger partial charge in [0, 0.05) is 10.7 Å². The number of carbonyl (C=O) groups excluding carboxylic acids is 1. The van der Waals surface area contributed by atoms with Crippen molar-refractivity contribution in [1.82, 2.24) is 0 Å². The molecule has 0 aliphatic rings. The summed E-state index contributed by atoms with van der Waals surface area (Å²) in [5.74, 6) is 0. The highest BCUT2D eigenvalue weighted by molar-refractivity contribution is 6.31. The predicted molar refractivity (Wildman–Crippen MR) is 86.6 cm³/mol. The molecule has 0 spiro atoms. The normalized spacial score (nSPS) is 10.6. The van der Waals surface area contributed by atoms with Crippen LogP contribution in [0.2, 0.25) is 5.02 Å². The number of benzene rings is 2. The summed E-state index contributed by atoms with van der Waals surface area (Å²) in [5, 5.41) is 3.28. The van der Waals surface area contributed by atoms with E-state index in [0.29, 0.717) is 10.7 Å². The molecule has 0 heterocycles. The van der Waals surface area contributed by atoms with Gasteiger partial charge in [-0.25, -0.2) is 4.79 Å². The quantitative estimate of drug-likeness (QED) is 0.871. The molecule has 0 aliphatic heterocycles. The van der Waals surface area contributed by atoms with Gasteiger partial charge in [0.25, 0.3) is 0 Å². The van der Waals surface area contributed by atoms with Crippen LogP contribution in [-0.4, -0.2) is 12.7 Å². The van der Waals surface area contributed by atoms with Crippen molar-refractivity contribution in [2.45, 2.75) is 6.92 Å². The van der Waals surface area contributed by atoms with Gasteiger partial charge in [0.05, 0.1) is 0 Å². The summed E-state index contributed by atoms with van der Waals surface area (Å²) in [6.07, 6.45) is 3.19. The second-order valence-electron chi connectivity index (χ2n) is 4.45. The molecule has 108 valence electrons. The molecule has 3 nitrogen and oxygen atoms in total. The van der Waals surface area contributed by atoms with Crippen molar-refractivity contribution in [1.29, 1.82) is 0 Å². The first-order valence-corrected chi connectivity index (χ1v) is 6.95. The number of nitrogens with one attached hydrogen (secondary N) is 1. The fourth-order valence-electron chi connectivity index (χ4n) is 1.76. The van der Waals surface area contributed by atoms with Crippen LogP contribution in [-0.2, 0) is 4.74 Å². The van der Waals surface area contributed by atoms with Crippen LogP contribution < -0.4 is 5.32 Å². The highest BCUT2D eigenvalue weighted by Crippen LogP contribution is 2.22. The van der Waals surface area contributed by atoms with E-state index in [4.69, 9.17) is 16.3 Å². The Hall–Kier alpha value is -2.26. The lowest BCUT2D eigenvalue weighted by Gasteiger charge is -2.09. The maximum Gasteiger partial charge on any atom is 0.411 e. The molecule has 0 saturated heterocycles. The highest BCUT2D eigenvalue weighted by Gasteiger charge is 2.06. The first-order chi connectivity index (χ1) is 10.2. The van der Waals surface area contributed by atoms with Gasteiger partial charge < -0.3 is 4.74 Å². The van der Waals surface area contributed by atoms with E-state index in [1.807, 2.05) is 43.3 Å². The van der Waals surface area contributed by atoms with E-state index in [2.05, 4.69) is 5.32 Å². The Kier molecular flexibility index (Phi) is 5.41. The van der Waals surface area contributed by atoms with E-state index in [1.165, 1.54) is 0 Å². The maximum absolute atomic E-state index is 11.7. The summed E-state index contributed by atoms with van der Waals surface area (Å²) in [5.41, 5.74) is 2.53. The van der Waals surface area contributed by atoms with E-state index in [0.717, 1.165) is 11.1 Å². The number of hydrogen-bond acceptors (Lipinski definition) is 2. The molecule has 0 fully saturated rings. The molecule has 0 saturated carbocycles. The zero-order chi connectivity index (χ0) is 15.1. The smallest absolute Gasteiger partial charge is 0.411 e. The van der Waals surface area contributed by atoms with Crippen LogP contribution in [0.4, 0.5) is 10.5 Å². The summed E-state index contributed by atoms with van der Waals surface area (Å²) >= 11 is 5.99. The molecular formula is C17H16ClNO2. The molecule has 0 aliphatic carbocycles. The standard InChI is InChI=1S/C17H16ClNO2/c1-13-15(18)10-5-11-16(13)19-17(20)21-12-6-9-14-7-3-2-4-8-14/h2-11H,12H2,1H3,(H,19,20). The minimum Gasteiger partial charge on any atom is -0.445 e. The minimum atomic E-state index is -0.502. The van der Waals surface area contributed by atoms with Gasteiger partial charge in [-0.2, -0.15) is 0 Å². The van der Waals surface area contributed by atoms with Crippen molar-refractivity contribution in [3.8, 4) is 0 Å². The largest absolute Gasteiger partial charge is 0.445 e. The van der Waals surface area contributed by atoms with Crippen LogP contribution in [0.5, 0.6) is 0 Å². The first kappa shape index (κ1) is 15.1. The summed E-state index contributed by atoms with van der Waals surface area (Å²) in [6.45, 7) is 2.05. The predicted octanol–water partition coefficient (Wildman–Crippen LogP) is 4.91. The number of ether oxygens (including phenoxy) is 1. The molecule has 2 rings (SSSR count).